The van der Waals surface area contributed by atoms with Gasteiger partial charge < -0.3 is 9.88 Å². The fraction of sp³-hybridized carbons (Fsp3) is 0.133. The molecule has 19 heavy (non-hydrogen) atoms. The second-order valence-corrected chi connectivity index (χ2v) is 7.94. The minimum absolute atomic E-state index is 0.193. The van der Waals surface area contributed by atoms with E-state index in [2.05, 4.69) is 5.32 Å². The molecule has 2 rings (SSSR count). The Balaban J connectivity index is 2.23. The zero-order chi connectivity index (χ0) is 13.9. The van der Waals surface area contributed by atoms with Crippen LogP contribution in [0.2, 0.25) is 0 Å². The van der Waals surface area contributed by atoms with Crippen molar-refractivity contribution in [2.45, 2.75) is 0 Å². The van der Waals surface area contributed by atoms with E-state index in [9.17, 15) is 9.36 Å². The maximum absolute atomic E-state index is 12.1. The summed E-state index contributed by atoms with van der Waals surface area (Å²) in [5, 5.41) is 3.52. The smallest absolute Gasteiger partial charge is 0.255 e. The van der Waals surface area contributed by atoms with Gasteiger partial charge in [-0.1, -0.05) is 30.3 Å². The molecule has 2 aromatic rings. The highest BCUT2D eigenvalue weighted by Crippen LogP contribution is 2.34. The van der Waals surface area contributed by atoms with Gasteiger partial charge in [-0.2, -0.15) is 0 Å². The Morgan fingerprint density at radius 3 is 2.32 bits per heavy atom. The number of amides is 1. The number of nitrogens with one attached hydrogen (secondary N) is 1. The minimum Gasteiger partial charge on any atom is -0.322 e. The van der Waals surface area contributed by atoms with Gasteiger partial charge in [0.1, 0.15) is 7.14 Å². The number of benzene rings is 2. The van der Waals surface area contributed by atoms with Crippen molar-refractivity contribution in [3.05, 3.63) is 60.2 Å². The second kappa shape index (κ2) is 5.41. The molecule has 0 unspecified atom stereocenters. The van der Waals surface area contributed by atoms with Crippen molar-refractivity contribution in [3.63, 3.8) is 0 Å². The zero-order valence-electron chi connectivity index (χ0n) is 11.0. The number of para-hydroxylation sites is 1. The zero-order valence-corrected chi connectivity index (χ0v) is 11.9. The molecule has 4 heteroatoms. The fourth-order valence-corrected chi connectivity index (χ4v) is 2.60. The maximum atomic E-state index is 12.1. The molecular formula is C15H16NO2P. The first-order valence-electron chi connectivity index (χ1n) is 5.99. The normalized spacial score (nSPS) is 11.1. The highest BCUT2D eigenvalue weighted by atomic mass is 31.2. The molecule has 1 amide bonds. The van der Waals surface area contributed by atoms with Crippen molar-refractivity contribution >= 4 is 24.0 Å². The van der Waals surface area contributed by atoms with Crippen molar-refractivity contribution in [3.8, 4) is 0 Å². The van der Waals surface area contributed by atoms with E-state index in [0.717, 1.165) is 5.69 Å². The van der Waals surface area contributed by atoms with Crippen LogP contribution in [0, 0.1) is 0 Å². The summed E-state index contributed by atoms with van der Waals surface area (Å²) in [6.07, 6.45) is 0. The van der Waals surface area contributed by atoms with Crippen molar-refractivity contribution in [1.82, 2.24) is 0 Å². The molecule has 0 radical (unpaired) electrons. The van der Waals surface area contributed by atoms with Crippen molar-refractivity contribution in [2.75, 3.05) is 18.6 Å². The molecule has 0 aromatic heterocycles. The van der Waals surface area contributed by atoms with Crippen molar-refractivity contribution < 1.29 is 9.36 Å². The molecule has 0 aliphatic heterocycles. The van der Waals surface area contributed by atoms with E-state index in [0.29, 0.717) is 10.9 Å². The number of rotatable bonds is 3. The molecule has 0 aliphatic rings. The lowest BCUT2D eigenvalue weighted by Crippen LogP contribution is -2.14. The lowest BCUT2D eigenvalue weighted by atomic mass is 10.2. The molecule has 1 N–H and O–H groups in total. The third kappa shape index (κ3) is 3.55. The largest absolute Gasteiger partial charge is 0.322 e. The van der Waals surface area contributed by atoms with Gasteiger partial charge in [0.25, 0.3) is 5.91 Å². The lowest BCUT2D eigenvalue weighted by molar-refractivity contribution is 0.102. The summed E-state index contributed by atoms with van der Waals surface area (Å²) in [5.41, 5.74) is 1.26. The molecule has 0 saturated heterocycles. The Hall–Kier alpha value is -1.86. The Bertz CT molecular complexity index is 632. The minimum atomic E-state index is -2.35. The predicted octanol–water partition coefficient (Wildman–Crippen LogP) is 3.19. The van der Waals surface area contributed by atoms with Crippen molar-refractivity contribution in [1.29, 1.82) is 0 Å². The summed E-state index contributed by atoms with van der Waals surface area (Å²) < 4.78 is 12.0. The number of hydrogen-bond donors (Lipinski definition) is 1. The summed E-state index contributed by atoms with van der Waals surface area (Å²) in [5.74, 6) is -0.193. The quantitative estimate of drug-likeness (QED) is 0.873. The molecule has 0 atom stereocenters. The first-order valence-corrected chi connectivity index (χ1v) is 8.59. The first kappa shape index (κ1) is 13.6. The number of anilines is 1. The first-order chi connectivity index (χ1) is 8.97. The molecule has 3 nitrogen and oxygen atoms in total. The summed E-state index contributed by atoms with van der Waals surface area (Å²) in [7, 11) is -2.35. The van der Waals surface area contributed by atoms with Crippen LogP contribution < -0.4 is 10.6 Å². The summed E-state index contributed by atoms with van der Waals surface area (Å²) >= 11 is 0. The van der Waals surface area contributed by atoms with Gasteiger partial charge >= 0.3 is 0 Å². The molecule has 0 saturated carbocycles. The van der Waals surface area contributed by atoms with E-state index in [1.165, 1.54) is 0 Å². The van der Waals surface area contributed by atoms with Crippen LogP contribution in [0.5, 0.6) is 0 Å². The van der Waals surface area contributed by atoms with Gasteiger partial charge in [0.2, 0.25) is 0 Å². The monoisotopic (exact) mass is 273 g/mol. The Kier molecular flexibility index (Phi) is 3.87. The van der Waals surface area contributed by atoms with Crippen LogP contribution >= 0.6 is 7.14 Å². The number of carbonyl (C=O) groups excluding carboxylic acids is 1. The van der Waals surface area contributed by atoms with Crippen LogP contribution in [0.3, 0.4) is 0 Å². The standard InChI is InChI=1S/C15H16NO2P/c1-19(2,18)14-10-6-7-12(11-14)15(17)16-13-8-4-3-5-9-13/h3-11H,1-2H3,(H,16,17). The Morgan fingerprint density at radius 1 is 1.00 bits per heavy atom. The average molecular weight is 273 g/mol. The Labute approximate surface area is 113 Å². The van der Waals surface area contributed by atoms with Crippen molar-refractivity contribution in [2.24, 2.45) is 0 Å². The lowest BCUT2D eigenvalue weighted by Gasteiger charge is -2.09. The number of hydrogen-bond acceptors (Lipinski definition) is 2. The van der Waals surface area contributed by atoms with Gasteiger partial charge in [-0.25, -0.2) is 0 Å². The van der Waals surface area contributed by atoms with E-state index in [1.807, 2.05) is 30.3 Å². The van der Waals surface area contributed by atoms with Crippen LogP contribution in [0.15, 0.2) is 54.6 Å². The molecule has 0 aliphatic carbocycles. The molecule has 0 bridgehead atoms. The summed E-state index contributed by atoms with van der Waals surface area (Å²) in [4.78, 5) is 12.1. The van der Waals surface area contributed by atoms with Gasteiger partial charge in [-0.3, -0.25) is 4.79 Å². The third-order valence-corrected chi connectivity index (χ3v) is 4.28. The maximum Gasteiger partial charge on any atom is 0.255 e. The van der Waals surface area contributed by atoms with Crippen LogP contribution in [-0.2, 0) is 4.57 Å². The summed E-state index contributed by atoms with van der Waals surface area (Å²) in [6, 6.07) is 16.2. The molecule has 98 valence electrons. The SMILES string of the molecule is CP(C)(=O)c1cccc(C(=O)Nc2ccccc2)c1. The molecule has 2 aromatic carbocycles. The van der Waals surface area contributed by atoms with Crippen LogP contribution in [0.1, 0.15) is 10.4 Å². The van der Waals surface area contributed by atoms with Gasteiger partial charge in [0, 0.05) is 16.6 Å². The molecule has 0 heterocycles. The highest BCUT2D eigenvalue weighted by molar-refractivity contribution is 7.70. The van der Waals surface area contributed by atoms with Gasteiger partial charge in [0.15, 0.2) is 0 Å². The molecular weight excluding hydrogens is 257 g/mol. The van der Waals surface area contributed by atoms with Gasteiger partial charge in [-0.05, 0) is 37.6 Å². The van der Waals surface area contributed by atoms with Crippen LogP contribution in [0.25, 0.3) is 0 Å². The van der Waals surface area contributed by atoms with Gasteiger partial charge in [-0.15, -0.1) is 0 Å². The molecule has 0 spiro atoms. The second-order valence-electron chi connectivity index (χ2n) is 4.72. The number of carbonyl (C=O) groups is 1. The van der Waals surface area contributed by atoms with E-state index >= 15 is 0 Å². The van der Waals surface area contributed by atoms with E-state index in [1.54, 1.807) is 37.6 Å². The van der Waals surface area contributed by atoms with E-state index in [4.69, 9.17) is 0 Å². The molecule has 0 fully saturated rings. The third-order valence-electron chi connectivity index (χ3n) is 2.76. The van der Waals surface area contributed by atoms with Gasteiger partial charge in [0.05, 0.1) is 0 Å². The average Bonchev–Trinajstić information content (AvgIpc) is 2.39. The van der Waals surface area contributed by atoms with Crippen LogP contribution in [0.4, 0.5) is 5.69 Å². The predicted molar refractivity (Wildman–Crippen MR) is 79.9 cm³/mol. The topological polar surface area (TPSA) is 46.2 Å². The fourth-order valence-electron chi connectivity index (χ4n) is 1.71. The van der Waals surface area contributed by atoms with E-state index < -0.39 is 7.14 Å². The van der Waals surface area contributed by atoms with E-state index in [-0.39, 0.29) is 5.91 Å². The Morgan fingerprint density at radius 2 is 1.68 bits per heavy atom. The van der Waals surface area contributed by atoms with Crippen LogP contribution in [-0.4, -0.2) is 19.2 Å². The highest BCUT2D eigenvalue weighted by Gasteiger charge is 2.13. The summed E-state index contributed by atoms with van der Waals surface area (Å²) in [6.45, 7) is 3.39.